The van der Waals surface area contributed by atoms with Gasteiger partial charge in [0.1, 0.15) is 5.75 Å². The second-order valence-corrected chi connectivity index (χ2v) is 4.59. The highest BCUT2D eigenvalue weighted by Crippen LogP contribution is 2.19. The molecule has 0 amide bonds. The van der Waals surface area contributed by atoms with Gasteiger partial charge in [0, 0.05) is 24.2 Å². The van der Waals surface area contributed by atoms with Crippen molar-refractivity contribution in [3.8, 4) is 5.75 Å². The van der Waals surface area contributed by atoms with Crippen LogP contribution in [-0.4, -0.2) is 40.3 Å². The van der Waals surface area contributed by atoms with Crippen molar-refractivity contribution in [2.24, 2.45) is 0 Å². The first-order valence-electron chi connectivity index (χ1n) is 6.13. The molecule has 2 N–H and O–H groups in total. The van der Waals surface area contributed by atoms with Gasteiger partial charge in [-0.2, -0.15) is 0 Å². The van der Waals surface area contributed by atoms with E-state index in [9.17, 15) is 0 Å². The van der Waals surface area contributed by atoms with Gasteiger partial charge in [-0.15, -0.1) is 5.06 Å². The van der Waals surface area contributed by atoms with Crippen LogP contribution in [0.2, 0.25) is 5.02 Å². The van der Waals surface area contributed by atoms with Gasteiger partial charge < -0.3 is 15.1 Å². The zero-order valence-electron chi connectivity index (χ0n) is 10.8. The summed E-state index contributed by atoms with van der Waals surface area (Å²) in [6.45, 7) is 2.04. The Labute approximate surface area is 121 Å². The molecule has 1 heterocycles. The van der Waals surface area contributed by atoms with Gasteiger partial charge in [0.2, 0.25) is 0 Å². The van der Waals surface area contributed by atoms with Gasteiger partial charge in [0.05, 0.1) is 0 Å². The third kappa shape index (κ3) is 6.40. The standard InChI is InChI=1S/C11H14ClNO.C2H2O4/c12-10-5-4-6-11(9-10)14-13-7-2-1-3-8-13;3-1(4)2(5)6/h4-6,9H,1-3,7-8H2;(H,3,4)(H,5,6). The van der Waals surface area contributed by atoms with E-state index in [0.29, 0.717) is 0 Å². The molecule has 0 unspecified atom stereocenters. The lowest BCUT2D eigenvalue weighted by molar-refractivity contribution is -0.159. The summed E-state index contributed by atoms with van der Waals surface area (Å²) in [6, 6.07) is 7.53. The van der Waals surface area contributed by atoms with Gasteiger partial charge in [0.15, 0.2) is 0 Å². The molecular formula is C13H16ClNO5. The summed E-state index contributed by atoms with van der Waals surface area (Å²) in [6.07, 6.45) is 3.76. The first-order chi connectivity index (χ1) is 9.49. The van der Waals surface area contributed by atoms with Crippen molar-refractivity contribution in [3.05, 3.63) is 29.3 Å². The van der Waals surface area contributed by atoms with E-state index in [2.05, 4.69) is 0 Å². The number of carbonyl (C=O) groups is 2. The number of benzene rings is 1. The normalized spacial score (nSPS) is 14.8. The van der Waals surface area contributed by atoms with E-state index in [1.165, 1.54) is 19.3 Å². The highest BCUT2D eigenvalue weighted by Gasteiger charge is 2.11. The number of aliphatic carboxylic acids is 2. The topological polar surface area (TPSA) is 87.1 Å². The molecule has 7 heteroatoms. The monoisotopic (exact) mass is 301 g/mol. The van der Waals surface area contributed by atoms with Crippen molar-refractivity contribution < 1.29 is 24.6 Å². The molecule has 0 spiro atoms. The Hall–Kier alpha value is -1.79. The van der Waals surface area contributed by atoms with Crippen LogP contribution in [0, 0.1) is 0 Å². The average molecular weight is 302 g/mol. The minimum absolute atomic E-state index is 0.722. The van der Waals surface area contributed by atoms with Crippen LogP contribution >= 0.6 is 11.6 Å². The second-order valence-electron chi connectivity index (χ2n) is 4.15. The maximum Gasteiger partial charge on any atom is 0.414 e. The van der Waals surface area contributed by atoms with E-state index in [0.717, 1.165) is 23.9 Å². The van der Waals surface area contributed by atoms with E-state index in [-0.39, 0.29) is 0 Å². The van der Waals surface area contributed by atoms with E-state index < -0.39 is 11.9 Å². The summed E-state index contributed by atoms with van der Waals surface area (Å²) in [4.78, 5) is 23.9. The molecular weight excluding hydrogens is 286 g/mol. The summed E-state index contributed by atoms with van der Waals surface area (Å²) in [7, 11) is 0. The van der Waals surface area contributed by atoms with Crippen molar-refractivity contribution in [3.63, 3.8) is 0 Å². The quantitative estimate of drug-likeness (QED) is 0.815. The summed E-state index contributed by atoms with van der Waals surface area (Å²) < 4.78 is 0. The largest absolute Gasteiger partial charge is 0.473 e. The molecule has 1 aliphatic heterocycles. The predicted octanol–water partition coefficient (Wildman–Crippen LogP) is 2.28. The summed E-state index contributed by atoms with van der Waals surface area (Å²) in [5, 5.41) is 17.5. The van der Waals surface area contributed by atoms with E-state index in [1.54, 1.807) is 0 Å². The zero-order chi connectivity index (χ0) is 15.0. The van der Waals surface area contributed by atoms with Crippen molar-refractivity contribution >= 4 is 23.5 Å². The van der Waals surface area contributed by atoms with E-state index in [4.69, 9.17) is 36.2 Å². The van der Waals surface area contributed by atoms with Crippen LogP contribution in [0.1, 0.15) is 19.3 Å². The molecule has 1 aromatic rings. The van der Waals surface area contributed by atoms with Gasteiger partial charge in [0.25, 0.3) is 0 Å². The van der Waals surface area contributed by atoms with E-state index >= 15 is 0 Å². The number of rotatable bonds is 2. The van der Waals surface area contributed by atoms with Crippen molar-refractivity contribution in [1.82, 2.24) is 5.06 Å². The molecule has 0 saturated carbocycles. The Balaban J connectivity index is 0.000000286. The molecule has 1 aliphatic rings. The number of nitrogens with zero attached hydrogens (tertiary/aromatic N) is 1. The number of hydroxylamine groups is 2. The van der Waals surface area contributed by atoms with Crippen LogP contribution in [0.15, 0.2) is 24.3 Å². The van der Waals surface area contributed by atoms with Gasteiger partial charge in [-0.1, -0.05) is 24.1 Å². The molecule has 1 saturated heterocycles. The smallest absolute Gasteiger partial charge is 0.414 e. The van der Waals surface area contributed by atoms with Gasteiger partial charge >= 0.3 is 11.9 Å². The van der Waals surface area contributed by atoms with Crippen LogP contribution < -0.4 is 4.84 Å². The van der Waals surface area contributed by atoms with Gasteiger partial charge in [-0.25, -0.2) is 9.59 Å². The molecule has 20 heavy (non-hydrogen) atoms. The molecule has 0 radical (unpaired) electrons. The third-order valence-corrected chi connectivity index (χ3v) is 2.76. The molecule has 110 valence electrons. The maximum absolute atomic E-state index is 9.10. The van der Waals surface area contributed by atoms with Crippen LogP contribution in [-0.2, 0) is 9.59 Å². The number of halogens is 1. The molecule has 0 aliphatic carbocycles. The Kier molecular flexibility index (Phi) is 6.83. The van der Waals surface area contributed by atoms with Crippen molar-refractivity contribution in [1.29, 1.82) is 0 Å². The van der Waals surface area contributed by atoms with Crippen molar-refractivity contribution in [2.45, 2.75) is 19.3 Å². The molecule has 1 fully saturated rings. The highest BCUT2D eigenvalue weighted by molar-refractivity contribution is 6.30. The minimum Gasteiger partial charge on any atom is -0.473 e. The molecule has 0 aromatic heterocycles. The first kappa shape index (κ1) is 16.3. The summed E-state index contributed by atoms with van der Waals surface area (Å²) in [5.74, 6) is -2.82. The maximum atomic E-state index is 9.10. The molecule has 1 aromatic carbocycles. The van der Waals surface area contributed by atoms with Crippen molar-refractivity contribution in [2.75, 3.05) is 13.1 Å². The molecule has 0 bridgehead atoms. The minimum atomic E-state index is -1.82. The lowest BCUT2D eigenvalue weighted by atomic mass is 10.2. The summed E-state index contributed by atoms with van der Waals surface area (Å²) >= 11 is 5.86. The average Bonchev–Trinajstić information content (AvgIpc) is 2.40. The number of carboxylic acids is 2. The predicted molar refractivity (Wildman–Crippen MR) is 72.8 cm³/mol. The molecule has 6 nitrogen and oxygen atoms in total. The Morgan fingerprint density at radius 2 is 1.70 bits per heavy atom. The highest BCUT2D eigenvalue weighted by atomic mass is 35.5. The number of hydrogen-bond acceptors (Lipinski definition) is 4. The fraction of sp³-hybridized carbons (Fsp3) is 0.385. The Bertz CT molecular complexity index is 448. The Morgan fingerprint density at radius 1 is 1.10 bits per heavy atom. The first-order valence-corrected chi connectivity index (χ1v) is 6.51. The lowest BCUT2D eigenvalue weighted by Crippen LogP contribution is -2.32. The van der Waals surface area contributed by atoms with Crippen LogP contribution in [0.5, 0.6) is 5.75 Å². The number of piperidine rings is 1. The van der Waals surface area contributed by atoms with Crippen LogP contribution in [0.4, 0.5) is 0 Å². The van der Waals surface area contributed by atoms with Gasteiger partial charge in [-0.3, -0.25) is 0 Å². The van der Waals surface area contributed by atoms with Crippen LogP contribution in [0.3, 0.4) is 0 Å². The lowest BCUT2D eigenvalue weighted by Gasteiger charge is -2.25. The van der Waals surface area contributed by atoms with Gasteiger partial charge in [-0.05, 0) is 25.0 Å². The van der Waals surface area contributed by atoms with E-state index in [1.807, 2.05) is 29.3 Å². The second kappa shape index (κ2) is 8.39. The fourth-order valence-corrected chi connectivity index (χ4v) is 1.81. The molecule has 0 atom stereocenters. The fourth-order valence-electron chi connectivity index (χ4n) is 1.63. The summed E-state index contributed by atoms with van der Waals surface area (Å²) in [5.41, 5.74) is 0. The van der Waals surface area contributed by atoms with Crippen LogP contribution in [0.25, 0.3) is 0 Å². The SMILES string of the molecule is Clc1cccc(ON2CCCCC2)c1.O=C(O)C(=O)O. The molecule has 2 rings (SSSR count). The number of carboxylic acid groups (broad SMARTS) is 2. The zero-order valence-corrected chi connectivity index (χ0v) is 11.5. The Morgan fingerprint density at radius 3 is 2.20 bits per heavy atom. The number of hydrogen-bond donors (Lipinski definition) is 2. The third-order valence-electron chi connectivity index (χ3n) is 2.53.